The van der Waals surface area contributed by atoms with Crippen LogP contribution in [0.5, 0.6) is 0 Å². The maximum atomic E-state index is 12.2. The summed E-state index contributed by atoms with van der Waals surface area (Å²) in [5, 5.41) is 51.4. The number of hydrogen-bond acceptors (Lipinski definition) is 21. The van der Waals surface area contributed by atoms with Crippen molar-refractivity contribution in [1.82, 2.24) is 16.0 Å². The highest BCUT2D eigenvalue weighted by molar-refractivity contribution is 5.73. The van der Waals surface area contributed by atoms with E-state index in [-0.39, 0.29) is 31.6 Å². The summed E-state index contributed by atoms with van der Waals surface area (Å²) in [5.74, 6) is -1.32. The molecule has 0 aromatic carbocycles. The van der Waals surface area contributed by atoms with Crippen molar-refractivity contribution in [2.45, 2.75) is 95.2 Å². The molecule has 0 aromatic rings. The van der Waals surface area contributed by atoms with Gasteiger partial charge in [0.15, 0.2) is 6.29 Å². The molecule has 0 saturated carbocycles. The second-order valence-corrected chi connectivity index (χ2v) is 15.1. The number of nitrogens with one attached hydrogen (secondary N) is 3. The van der Waals surface area contributed by atoms with Crippen LogP contribution < -0.4 is 16.0 Å². The minimum Gasteiger partial charge on any atom is -0.463 e. The van der Waals surface area contributed by atoms with Crippen LogP contribution >= 0.6 is 0 Å². The standard InChI is InChI=1S/C41H79N3O19/c1-29(26-43-36-31(3)61-34(28-46)40(39(36)50)63-41-37(44-32(4)47)38(49)30(2)33(27-45)62-41)42-7-6-35(48)60-25-24-59-23-22-58-21-20-57-19-18-56-17-16-55-15-14-54-13-12-53-11-10-52-9-8-51-5/h29-31,33-34,36-43,45-46,49-50H,6-28H2,1-5H3,(H,44,47)/t29?,30-,31-,33?,34?,36?,37?,38-,39+,40+,41-/m0/s1. The molecule has 0 aliphatic carbocycles. The molecule has 63 heavy (non-hydrogen) atoms. The van der Waals surface area contributed by atoms with Crippen molar-refractivity contribution >= 4 is 11.9 Å². The molecule has 2 aliphatic rings. The Hall–Kier alpha value is -1.78. The molecular weight excluding hydrogens is 838 g/mol. The van der Waals surface area contributed by atoms with E-state index in [9.17, 15) is 30.0 Å². The first-order valence-electron chi connectivity index (χ1n) is 22.1. The molecule has 0 radical (unpaired) electrons. The van der Waals surface area contributed by atoms with Gasteiger partial charge in [-0.3, -0.25) is 9.59 Å². The minimum absolute atomic E-state index is 0.117. The molecule has 22 nitrogen and oxygen atoms in total. The van der Waals surface area contributed by atoms with Crippen LogP contribution in [0.3, 0.4) is 0 Å². The Kier molecular flexibility index (Phi) is 33.1. The first-order valence-corrected chi connectivity index (χ1v) is 22.1. The quantitative estimate of drug-likeness (QED) is 0.0246. The highest BCUT2D eigenvalue weighted by Gasteiger charge is 2.49. The smallest absolute Gasteiger partial charge is 0.307 e. The lowest BCUT2D eigenvalue weighted by molar-refractivity contribution is -0.306. The second-order valence-electron chi connectivity index (χ2n) is 15.1. The Morgan fingerprint density at radius 2 is 1.10 bits per heavy atom. The lowest BCUT2D eigenvalue weighted by Gasteiger charge is -2.48. The van der Waals surface area contributed by atoms with Gasteiger partial charge >= 0.3 is 5.97 Å². The van der Waals surface area contributed by atoms with Crippen LogP contribution in [0.1, 0.15) is 34.1 Å². The van der Waals surface area contributed by atoms with Crippen LogP contribution in [0.15, 0.2) is 0 Å². The Balaban J connectivity index is 1.44. The van der Waals surface area contributed by atoms with E-state index < -0.39 is 80.0 Å². The summed E-state index contributed by atoms with van der Waals surface area (Å²) in [4.78, 5) is 24.2. The van der Waals surface area contributed by atoms with E-state index in [1.807, 2.05) is 6.92 Å². The fraction of sp³-hybridized carbons (Fsp3) is 0.951. The number of esters is 1. The van der Waals surface area contributed by atoms with E-state index in [1.165, 1.54) is 6.92 Å². The number of carbonyl (C=O) groups excluding carboxylic acids is 2. The van der Waals surface area contributed by atoms with Crippen molar-refractivity contribution in [1.29, 1.82) is 0 Å². The minimum atomic E-state index is -1.24. The summed E-state index contributed by atoms with van der Waals surface area (Å²) in [6.07, 6.45) is -6.74. The van der Waals surface area contributed by atoms with Crippen LogP contribution in [0.4, 0.5) is 0 Å². The van der Waals surface area contributed by atoms with Gasteiger partial charge in [0.1, 0.15) is 31.0 Å². The summed E-state index contributed by atoms with van der Waals surface area (Å²) in [7, 11) is 1.63. The highest BCUT2D eigenvalue weighted by atomic mass is 16.7. The van der Waals surface area contributed by atoms with Crippen LogP contribution in [-0.4, -0.2) is 246 Å². The van der Waals surface area contributed by atoms with Crippen molar-refractivity contribution in [2.24, 2.45) is 5.92 Å². The Labute approximate surface area is 372 Å². The third-order valence-corrected chi connectivity index (χ3v) is 10.1. The zero-order valence-electron chi connectivity index (χ0n) is 38.0. The third kappa shape index (κ3) is 25.1. The summed E-state index contributed by atoms with van der Waals surface area (Å²) in [5.41, 5.74) is 0. The lowest BCUT2D eigenvalue weighted by atomic mass is 9.88. The molecule has 372 valence electrons. The van der Waals surface area contributed by atoms with Gasteiger partial charge in [-0.15, -0.1) is 0 Å². The molecule has 0 bridgehead atoms. The molecule has 2 fully saturated rings. The van der Waals surface area contributed by atoms with Crippen molar-refractivity contribution < 1.29 is 91.6 Å². The predicted octanol–water partition coefficient (Wildman–Crippen LogP) is -2.62. The number of amides is 1. The molecular formula is C41H79N3O19. The number of carbonyl (C=O) groups is 2. The van der Waals surface area contributed by atoms with Crippen molar-refractivity contribution in [2.75, 3.05) is 152 Å². The first kappa shape index (κ1) is 57.3. The molecule has 7 N–H and O–H groups in total. The van der Waals surface area contributed by atoms with Crippen LogP contribution in [0.25, 0.3) is 0 Å². The predicted molar refractivity (Wildman–Crippen MR) is 224 cm³/mol. The Bertz CT molecular complexity index is 1140. The third-order valence-electron chi connectivity index (χ3n) is 10.1. The molecule has 2 aliphatic heterocycles. The molecule has 0 aromatic heterocycles. The van der Waals surface area contributed by atoms with Gasteiger partial charge in [0.05, 0.1) is 156 Å². The van der Waals surface area contributed by atoms with Crippen LogP contribution in [-0.2, 0) is 71.2 Å². The van der Waals surface area contributed by atoms with E-state index in [4.69, 9.17) is 61.6 Å². The van der Waals surface area contributed by atoms with E-state index in [0.717, 1.165) is 0 Å². The number of rotatable bonds is 39. The molecule has 2 heterocycles. The number of methoxy groups -OCH3 is 1. The van der Waals surface area contributed by atoms with Crippen LogP contribution in [0, 0.1) is 5.92 Å². The molecule has 1 amide bonds. The van der Waals surface area contributed by atoms with Gasteiger partial charge < -0.3 is 98.0 Å². The van der Waals surface area contributed by atoms with Gasteiger partial charge in [-0.2, -0.15) is 0 Å². The largest absolute Gasteiger partial charge is 0.463 e. The summed E-state index contributed by atoms with van der Waals surface area (Å²) in [6.45, 7) is 14.4. The van der Waals surface area contributed by atoms with Gasteiger partial charge in [-0.1, -0.05) is 6.92 Å². The molecule has 2 saturated heterocycles. The number of aliphatic hydroxyl groups is 4. The highest BCUT2D eigenvalue weighted by Crippen LogP contribution is 2.31. The molecule has 22 heteroatoms. The first-order chi connectivity index (χ1) is 30.5. The fourth-order valence-corrected chi connectivity index (χ4v) is 6.58. The number of hydrogen-bond donors (Lipinski definition) is 7. The number of ether oxygens (including phenoxy) is 13. The number of aliphatic hydroxyl groups excluding tert-OH is 4. The van der Waals surface area contributed by atoms with Crippen molar-refractivity contribution in [3.8, 4) is 0 Å². The van der Waals surface area contributed by atoms with E-state index in [2.05, 4.69) is 16.0 Å². The zero-order chi connectivity index (χ0) is 46.1. The Morgan fingerprint density at radius 3 is 1.54 bits per heavy atom. The summed E-state index contributed by atoms with van der Waals surface area (Å²) in [6, 6.07) is -1.75. The van der Waals surface area contributed by atoms with Crippen LogP contribution in [0.2, 0.25) is 0 Å². The van der Waals surface area contributed by atoms with E-state index in [1.54, 1.807) is 21.0 Å². The van der Waals surface area contributed by atoms with E-state index >= 15 is 0 Å². The van der Waals surface area contributed by atoms with E-state index in [0.29, 0.717) is 119 Å². The molecule has 11 atom stereocenters. The lowest BCUT2D eigenvalue weighted by Crippen LogP contribution is -2.67. The summed E-state index contributed by atoms with van der Waals surface area (Å²) >= 11 is 0. The Morgan fingerprint density at radius 1 is 0.635 bits per heavy atom. The molecule has 5 unspecified atom stereocenters. The summed E-state index contributed by atoms with van der Waals surface area (Å²) < 4.78 is 71.7. The second kappa shape index (κ2) is 36.4. The van der Waals surface area contributed by atoms with Gasteiger partial charge in [0, 0.05) is 39.1 Å². The van der Waals surface area contributed by atoms with Crippen molar-refractivity contribution in [3.63, 3.8) is 0 Å². The fourth-order valence-electron chi connectivity index (χ4n) is 6.58. The van der Waals surface area contributed by atoms with Gasteiger partial charge in [-0.05, 0) is 13.8 Å². The van der Waals surface area contributed by atoms with Gasteiger partial charge in [0.25, 0.3) is 0 Å². The topological polar surface area (TPSA) is 271 Å². The SMILES string of the molecule is COCCOCCOCCOCCOCCOCCOCCOCCOCCOC(=O)CCNC(C)CNC1[C@H](C)OC(CO)[C@@H](O[C@@H]2OC(CO)[C@H](C)[C@H](O)C2NC(C)=O)[C@@H]1O. The maximum absolute atomic E-state index is 12.2. The molecule has 0 spiro atoms. The average Bonchev–Trinajstić information content (AvgIpc) is 3.26. The van der Waals surface area contributed by atoms with Crippen molar-refractivity contribution in [3.05, 3.63) is 0 Å². The monoisotopic (exact) mass is 918 g/mol. The normalized spacial score (nSPS) is 26.7. The van der Waals surface area contributed by atoms with Gasteiger partial charge in [0.2, 0.25) is 5.91 Å². The zero-order valence-corrected chi connectivity index (χ0v) is 38.0. The molecule has 2 rings (SSSR count). The maximum Gasteiger partial charge on any atom is 0.307 e. The van der Waals surface area contributed by atoms with Gasteiger partial charge in [-0.25, -0.2) is 0 Å². The average molecular weight is 918 g/mol.